The molecule has 0 aromatic heterocycles. The zero-order chi connectivity index (χ0) is 22.4. The SMILES string of the molecule is CCOc1ccc(C(=O)Nc2ccc(C(C)C)cc2)cc1COc1ccc(Cl)c(C)c1. The first-order chi connectivity index (χ1) is 14.9. The van der Waals surface area contributed by atoms with E-state index in [9.17, 15) is 4.79 Å². The van der Waals surface area contributed by atoms with Gasteiger partial charge in [-0.15, -0.1) is 0 Å². The highest BCUT2D eigenvalue weighted by atomic mass is 35.5. The summed E-state index contributed by atoms with van der Waals surface area (Å²) in [5.74, 6) is 1.68. The number of hydrogen-bond donors (Lipinski definition) is 1. The van der Waals surface area contributed by atoms with Crippen LogP contribution in [0, 0.1) is 6.92 Å². The number of carbonyl (C=O) groups is 1. The fourth-order valence-corrected chi connectivity index (χ4v) is 3.27. The summed E-state index contributed by atoms with van der Waals surface area (Å²) in [4.78, 5) is 12.8. The van der Waals surface area contributed by atoms with Crippen LogP contribution in [0.15, 0.2) is 60.7 Å². The highest BCUT2D eigenvalue weighted by Gasteiger charge is 2.12. The van der Waals surface area contributed by atoms with Crippen molar-refractivity contribution in [1.29, 1.82) is 0 Å². The molecule has 0 atom stereocenters. The molecule has 0 spiro atoms. The van der Waals surface area contributed by atoms with Crippen molar-refractivity contribution in [3.63, 3.8) is 0 Å². The maximum Gasteiger partial charge on any atom is 0.255 e. The number of nitrogens with one attached hydrogen (secondary N) is 1. The van der Waals surface area contributed by atoms with Crippen LogP contribution in [0.1, 0.15) is 53.7 Å². The van der Waals surface area contributed by atoms with E-state index in [-0.39, 0.29) is 12.5 Å². The molecule has 3 aromatic carbocycles. The number of hydrogen-bond acceptors (Lipinski definition) is 3. The van der Waals surface area contributed by atoms with E-state index >= 15 is 0 Å². The third kappa shape index (κ3) is 6.02. The molecule has 5 heteroatoms. The van der Waals surface area contributed by atoms with Gasteiger partial charge in [0.15, 0.2) is 0 Å². The fraction of sp³-hybridized carbons (Fsp3) is 0.269. The van der Waals surface area contributed by atoms with E-state index < -0.39 is 0 Å². The Bertz CT molecular complexity index is 1050. The maximum absolute atomic E-state index is 12.8. The zero-order valence-electron chi connectivity index (χ0n) is 18.4. The van der Waals surface area contributed by atoms with Crippen molar-refractivity contribution in [2.75, 3.05) is 11.9 Å². The van der Waals surface area contributed by atoms with Gasteiger partial charge in [0.25, 0.3) is 5.91 Å². The summed E-state index contributed by atoms with van der Waals surface area (Å²) < 4.78 is 11.7. The lowest BCUT2D eigenvalue weighted by molar-refractivity contribution is 0.102. The molecule has 4 nitrogen and oxygen atoms in total. The summed E-state index contributed by atoms with van der Waals surface area (Å²) in [5, 5.41) is 3.65. The quantitative estimate of drug-likeness (QED) is 0.412. The van der Waals surface area contributed by atoms with E-state index in [1.807, 2.05) is 68.4 Å². The number of halogens is 1. The molecule has 162 valence electrons. The first kappa shape index (κ1) is 22.7. The molecule has 1 amide bonds. The molecule has 0 fully saturated rings. The minimum absolute atomic E-state index is 0.177. The molecule has 0 saturated carbocycles. The van der Waals surface area contributed by atoms with Crippen molar-refractivity contribution in [2.24, 2.45) is 0 Å². The van der Waals surface area contributed by atoms with Gasteiger partial charge in [-0.25, -0.2) is 0 Å². The summed E-state index contributed by atoms with van der Waals surface area (Å²) in [6, 6.07) is 18.8. The normalized spacial score (nSPS) is 10.8. The van der Waals surface area contributed by atoms with Crippen molar-refractivity contribution >= 4 is 23.2 Å². The molecule has 3 rings (SSSR count). The lowest BCUT2D eigenvalue weighted by Crippen LogP contribution is -2.13. The van der Waals surface area contributed by atoms with Crippen LogP contribution in [-0.2, 0) is 6.61 Å². The smallest absolute Gasteiger partial charge is 0.255 e. The summed E-state index contributed by atoms with van der Waals surface area (Å²) in [6.45, 7) is 8.94. The van der Waals surface area contributed by atoms with Crippen molar-refractivity contribution < 1.29 is 14.3 Å². The Hall–Kier alpha value is -2.98. The molecule has 1 N–H and O–H groups in total. The Balaban J connectivity index is 1.76. The van der Waals surface area contributed by atoms with Crippen LogP contribution in [0.5, 0.6) is 11.5 Å². The fourth-order valence-electron chi connectivity index (χ4n) is 3.15. The van der Waals surface area contributed by atoms with Gasteiger partial charge < -0.3 is 14.8 Å². The van der Waals surface area contributed by atoms with Crippen molar-refractivity contribution in [3.8, 4) is 11.5 Å². The van der Waals surface area contributed by atoms with Gasteiger partial charge in [-0.3, -0.25) is 4.79 Å². The number of ether oxygens (including phenoxy) is 2. The maximum atomic E-state index is 12.8. The Morgan fingerprint density at radius 3 is 2.39 bits per heavy atom. The molecule has 0 unspecified atom stereocenters. The van der Waals surface area contributed by atoms with Crippen LogP contribution in [0.3, 0.4) is 0 Å². The number of carbonyl (C=O) groups excluding carboxylic acids is 1. The lowest BCUT2D eigenvalue weighted by atomic mass is 10.0. The average molecular weight is 438 g/mol. The van der Waals surface area contributed by atoms with Crippen LogP contribution < -0.4 is 14.8 Å². The minimum atomic E-state index is -0.177. The zero-order valence-corrected chi connectivity index (χ0v) is 19.1. The second-order valence-corrected chi connectivity index (χ2v) is 8.09. The monoisotopic (exact) mass is 437 g/mol. The van der Waals surface area contributed by atoms with Crippen LogP contribution >= 0.6 is 11.6 Å². The molecular formula is C26H28ClNO3. The molecule has 0 saturated heterocycles. The molecule has 0 aliphatic rings. The first-order valence-corrected chi connectivity index (χ1v) is 10.8. The second-order valence-electron chi connectivity index (χ2n) is 7.69. The van der Waals surface area contributed by atoms with E-state index in [0.717, 1.165) is 16.8 Å². The Morgan fingerprint density at radius 2 is 1.74 bits per heavy atom. The number of benzene rings is 3. The lowest BCUT2D eigenvalue weighted by Gasteiger charge is -2.14. The van der Waals surface area contributed by atoms with E-state index in [1.54, 1.807) is 6.07 Å². The van der Waals surface area contributed by atoms with Crippen molar-refractivity contribution in [2.45, 2.75) is 40.2 Å². The van der Waals surface area contributed by atoms with Gasteiger partial charge >= 0.3 is 0 Å². The Kier molecular flexibility index (Phi) is 7.59. The van der Waals surface area contributed by atoms with Crippen LogP contribution in [-0.4, -0.2) is 12.5 Å². The van der Waals surface area contributed by atoms with Gasteiger partial charge in [0.2, 0.25) is 0 Å². The van der Waals surface area contributed by atoms with Gasteiger partial charge in [-0.2, -0.15) is 0 Å². The molecule has 0 aliphatic heterocycles. The Labute approximate surface area is 189 Å². The second kappa shape index (κ2) is 10.4. The van der Waals surface area contributed by atoms with Crippen molar-refractivity contribution in [3.05, 3.63) is 87.9 Å². The minimum Gasteiger partial charge on any atom is -0.493 e. The largest absolute Gasteiger partial charge is 0.493 e. The van der Waals surface area contributed by atoms with Crippen molar-refractivity contribution in [1.82, 2.24) is 0 Å². The summed E-state index contributed by atoms with van der Waals surface area (Å²) in [5.41, 5.74) is 4.29. The highest BCUT2D eigenvalue weighted by Crippen LogP contribution is 2.26. The highest BCUT2D eigenvalue weighted by molar-refractivity contribution is 6.31. The molecule has 0 aliphatic carbocycles. The van der Waals surface area contributed by atoms with Gasteiger partial charge in [0, 0.05) is 21.8 Å². The van der Waals surface area contributed by atoms with E-state index in [1.165, 1.54) is 5.56 Å². The van der Waals surface area contributed by atoms with Gasteiger partial charge in [-0.1, -0.05) is 37.6 Å². The molecule has 0 bridgehead atoms. The predicted molar refractivity (Wildman–Crippen MR) is 127 cm³/mol. The van der Waals surface area contributed by atoms with Gasteiger partial charge in [0.1, 0.15) is 18.1 Å². The van der Waals surface area contributed by atoms with Crippen LogP contribution in [0.4, 0.5) is 5.69 Å². The summed E-state index contributed by atoms with van der Waals surface area (Å²) in [7, 11) is 0. The summed E-state index contributed by atoms with van der Waals surface area (Å²) >= 11 is 6.09. The number of amides is 1. The first-order valence-electron chi connectivity index (χ1n) is 10.4. The van der Waals surface area contributed by atoms with E-state index in [4.69, 9.17) is 21.1 Å². The summed E-state index contributed by atoms with van der Waals surface area (Å²) in [6.07, 6.45) is 0. The topological polar surface area (TPSA) is 47.6 Å². The van der Waals surface area contributed by atoms with Crippen LogP contribution in [0.25, 0.3) is 0 Å². The predicted octanol–water partition coefficient (Wildman–Crippen LogP) is 7.00. The number of aryl methyl sites for hydroxylation is 1. The molecule has 0 radical (unpaired) electrons. The Morgan fingerprint density at radius 1 is 1.00 bits per heavy atom. The van der Waals surface area contributed by atoms with Gasteiger partial charge in [-0.05, 0) is 79.4 Å². The number of rotatable bonds is 8. The molecular weight excluding hydrogens is 410 g/mol. The van der Waals surface area contributed by atoms with Gasteiger partial charge in [0.05, 0.1) is 6.61 Å². The third-order valence-corrected chi connectivity index (χ3v) is 5.41. The molecule has 0 heterocycles. The van der Waals surface area contributed by atoms with E-state index in [2.05, 4.69) is 19.2 Å². The van der Waals surface area contributed by atoms with Crippen LogP contribution in [0.2, 0.25) is 5.02 Å². The molecule has 3 aromatic rings. The standard InChI is InChI=1S/C26H28ClNO3/c1-5-30-25-13-8-20(26(29)28-22-9-6-19(7-10-22)17(2)3)15-21(25)16-31-23-11-12-24(27)18(4)14-23/h6-15,17H,5,16H2,1-4H3,(H,28,29). The van der Waals surface area contributed by atoms with E-state index in [0.29, 0.717) is 34.6 Å². The molecule has 31 heavy (non-hydrogen) atoms. The number of anilines is 1. The average Bonchev–Trinajstić information content (AvgIpc) is 2.76. The third-order valence-electron chi connectivity index (χ3n) is 4.98.